The molecule has 0 aromatic heterocycles. The summed E-state index contributed by atoms with van der Waals surface area (Å²) in [6.07, 6.45) is 13.8. The summed E-state index contributed by atoms with van der Waals surface area (Å²) in [6, 6.07) is 8.97. The van der Waals surface area contributed by atoms with Crippen molar-refractivity contribution >= 4 is 0 Å². The molecule has 2 rings (SSSR count). The molecule has 23 heavy (non-hydrogen) atoms. The fourth-order valence-corrected chi connectivity index (χ4v) is 3.60. The van der Waals surface area contributed by atoms with Crippen molar-refractivity contribution in [1.29, 1.82) is 0 Å². The molecule has 2 heteroatoms. The summed E-state index contributed by atoms with van der Waals surface area (Å²) in [4.78, 5) is 0. The predicted molar refractivity (Wildman–Crippen MR) is 95.4 cm³/mol. The van der Waals surface area contributed by atoms with Crippen molar-refractivity contribution in [3.05, 3.63) is 47.5 Å². The zero-order chi connectivity index (χ0) is 16.3. The summed E-state index contributed by atoms with van der Waals surface area (Å²) in [7, 11) is 1.74. The molecule has 1 nitrogen and oxygen atoms in total. The number of hydrogen-bond donors (Lipinski definition) is 0. The summed E-state index contributed by atoms with van der Waals surface area (Å²) >= 11 is 0. The number of unbranched alkanes of at least 4 members (excludes halogenated alkanes) is 1. The van der Waals surface area contributed by atoms with Crippen LogP contribution in [-0.2, 0) is 11.3 Å². The lowest BCUT2D eigenvalue weighted by molar-refractivity contribution is 0.185. The number of methoxy groups -OCH3 is 1. The maximum atomic E-state index is 12.0. The number of hydrogen-bond acceptors (Lipinski definition) is 1. The van der Waals surface area contributed by atoms with Gasteiger partial charge in [0.15, 0.2) is 0 Å². The molecule has 1 fully saturated rings. The van der Waals surface area contributed by atoms with Crippen molar-refractivity contribution in [3.8, 4) is 0 Å². The Morgan fingerprint density at radius 3 is 2.39 bits per heavy atom. The zero-order valence-electron chi connectivity index (χ0n) is 14.5. The van der Waals surface area contributed by atoms with Crippen LogP contribution in [0.4, 0.5) is 4.39 Å². The van der Waals surface area contributed by atoms with Gasteiger partial charge in [-0.2, -0.15) is 0 Å². The molecule has 0 bridgehead atoms. The Balaban J connectivity index is 1.68. The first-order valence-electron chi connectivity index (χ1n) is 9.12. The third-order valence-electron chi connectivity index (χ3n) is 5.02. The van der Waals surface area contributed by atoms with E-state index in [2.05, 4.69) is 36.4 Å². The lowest BCUT2D eigenvalue weighted by Crippen LogP contribution is -2.13. The van der Waals surface area contributed by atoms with E-state index in [1.165, 1.54) is 43.2 Å². The van der Waals surface area contributed by atoms with E-state index in [-0.39, 0.29) is 6.67 Å². The summed E-state index contributed by atoms with van der Waals surface area (Å²) in [5, 5.41) is 0. The molecule has 1 saturated carbocycles. The van der Waals surface area contributed by atoms with Crippen molar-refractivity contribution in [2.45, 2.75) is 63.9 Å². The van der Waals surface area contributed by atoms with Crippen LogP contribution >= 0.6 is 0 Å². The third kappa shape index (κ3) is 6.47. The van der Waals surface area contributed by atoms with Gasteiger partial charge in [-0.3, -0.25) is 4.39 Å². The molecule has 0 radical (unpaired) electrons. The first kappa shape index (κ1) is 18.2. The standard InChI is InChI=1S/C21H31FO/c1-23-17-19-10-14-21(15-11-19)20-12-8-18(9-13-20)7-5-3-2-4-6-16-22/h2-3,10-11,14-15,18,20H,4-9,12-13,16-17H2,1H3. The number of allylic oxidation sites excluding steroid dienone is 2. The third-order valence-corrected chi connectivity index (χ3v) is 5.02. The average Bonchev–Trinajstić information content (AvgIpc) is 2.60. The molecular weight excluding hydrogens is 287 g/mol. The molecule has 1 aromatic rings. The van der Waals surface area contributed by atoms with Gasteiger partial charge < -0.3 is 4.74 Å². The van der Waals surface area contributed by atoms with Gasteiger partial charge >= 0.3 is 0 Å². The molecule has 0 spiro atoms. The van der Waals surface area contributed by atoms with E-state index >= 15 is 0 Å². The molecule has 128 valence electrons. The van der Waals surface area contributed by atoms with Crippen LogP contribution in [-0.4, -0.2) is 13.8 Å². The molecule has 0 heterocycles. The van der Waals surface area contributed by atoms with E-state index in [0.717, 1.165) is 24.7 Å². The largest absolute Gasteiger partial charge is 0.380 e. The highest BCUT2D eigenvalue weighted by molar-refractivity contribution is 5.25. The Kier molecular flexibility index (Phi) is 8.38. The molecule has 0 aliphatic heterocycles. The van der Waals surface area contributed by atoms with Gasteiger partial charge in [-0.25, -0.2) is 0 Å². The minimum Gasteiger partial charge on any atom is -0.380 e. The maximum Gasteiger partial charge on any atom is 0.0897 e. The lowest BCUT2D eigenvalue weighted by atomic mass is 9.77. The van der Waals surface area contributed by atoms with Crippen LogP contribution in [0.2, 0.25) is 0 Å². The highest BCUT2D eigenvalue weighted by Crippen LogP contribution is 2.37. The highest BCUT2D eigenvalue weighted by atomic mass is 19.1. The maximum absolute atomic E-state index is 12.0. The minimum atomic E-state index is -0.194. The SMILES string of the molecule is COCc1ccc(C2CCC(CCC=CCCCF)CC2)cc1. The van der Waals surface area contributed by atoms with Gasteiger partial charge in [0.2, 0.25) is 0 Å². The quantitative estimate of drug-likeness (QED) is 0.389. The Bertz CT molecular complexity index is 443. The number of rotatable bonds is 9. The second kappa shape index (κ2) is 10.6. The van der Waals surface area contributed by atoms with Gasteiger partial charge in [0, 0.05) is 7.11 Å². The van der Waals surface area contributed by atoms with E-state index < -0.39 is 0 Å². The molecule has 0 N–H and O–H groups in total. The molecule has 0 atom stereocenters. The summed E-state index contributed by atoms with van der Waals surface area (Å²) < 4.78 is 17.2. The molecule has 1 aliphatic carbocycles. The van der Waals surface area contributed by atoms with Gasteiger partial charge in [0.1, 0.15) is 0 Å². The van der Waals surface area contributed by atoms with Crippen LogP contribution in [0.1, 0.15) is 68.4 Å². The van der Waals surface area contributed by atoms with E-state index in [1.54, 1.807) is 7.11 Å². The molecule has 1 aliphatic rings. The Morgan fingerprint density at radius 2 is 1.74 bits per heavy atom. The fourth-order valence-electron chi connectivity index (χ4n) is 3.60. The van der Waals surface area contributed by atoms with Crippen molar-refractivity contribution in [2.75, 3.05) is 13.8 Å². The van der Waals surface area contributed by atoms with Crippen LogP contribution in [0.15, 0.2) is 36.4 Å². The van der Waals surface area contributed by atoms with Gasteiger partial charge in [-0.05, 0) is 74.3 Å². The van der Waals surface area contributed by atoms with E-state index in [0.29, 0.717) is 13.0 Å². The first-order chi connectivity index (χ1) is 11.3. The fraction of sp³-hybridized carbons (Fsp3) is 0.619. The van der Waals surface area contributed by atoms with Gasteiger partial charge in [-0.1, -0.05) is 36.4 Å². The number of ether oxygens (including phenoxy) is 1. The van der Waals surface area contributed by atoms with Crippen LogP contribution in [0.25, 0.3) is 0 Å². The number of alkyl halides is 1. The molecular formula is C21H31FO. The minimum absolute atomic E-state index is 0.194. The second-order valence-electron chi connectivity index (χ2n) is 6.77. The van der Waals surface area contributed by atoms with Gasteiger partial charge in [0.25, 0.3) is 0 Å². The van der Waals surface area contributed by atoms with E-state index in [1.807, 2.05) is 0 Å². The van der Waals surface area contributed by atoms with Crippen LogP contribution < -0.4 is 0 Å². The Hall–Kier alpha value is -1.15. The highest BCUT2D eigenvalue weighted by Gasteiger charge is 2.21. The van der Waals surface area contributed by atoms with Crippen molar-refractivity contribution in [3.63, 3.8) is 0 Å². The summed E-state index contributed by atoms with van der Waals surface area (Å²) in [6.45, 7) is 0.507. The van der Waals surface area contributed by atoms with Gasteiger partial charge in [0.05, 0.1) is 13.3 Å². The Labute approximate surface area is 140 Å². The van der Waals surface area contributed by atoms with Crippen molar-refractivity contribution in [1.82, 2.24) is 0 Å². The Morgan fingerprint density at radius 1 is 1.04 bits per heavy atom. The van der Waals surface area contributed by atoms with Gasteiger partial charge in [-0.15, -0.1) is 0 Å². The lowest BCUT2D eigenvalue weighted by Gasteiger charge is -2.28. The van der Waals surface area contributed by atoms with E-state index in [4.69, 9.17) is 4.74 Å². The zero-order valence-corrected chi connectivity index (χ0v) is 14.5. The molecule has 0 unspecified atom stereocenters. The summed E-state index contributed by atoms with van der Waals surface area (Å²) in [5.41, 5.74) is 2.75. The van der Waals surface area contributed by atoms with Crippen LogP contribution in [0.3, 0.4) is 0 Å². The van der Waals surface area contributed by atoms with Crippen LogP contribution in [0, 0.1) is 5.92 Å². The smallest absolute Gasteiger partial charge is 0.0897 e. The van der Waals surface area contributed by atoms with Crippen molar-refractivity contribution in [2.24, 2.45) is 5.92 Å². The first-order valence-corrected chi connectivity index (χ1v) is 9.12. The summed E-state index contributed by atoms with van der Waals surface area (Å²) in [5.74, 6) is 1.62. The van der Waals surface area contributed by atoms with Crippen molar-refractivity contribution < 1.29 is 9.13 Å². The van der Waals surface area contributed by atoms with Crippen LogP contribution in [0.5, 0.6) is 0 Å². The topological polar surface area (TPSA) is 9.23 Å². The molecule has 1 aromatic carbocycles. The predicted octanol–water partition coefficient (Wildman–Crippen LogP) is 6.19. The monoisotopic (exact) mass is 318 g/mol. The normalized spacial score (nSPS) is 21.8. The average molecular weight is 318 g/mol. The molecule has 0 amide bonds. The molecule has 0 saturated heterocycles. The number of benzene rings is 1. The number of halogens is 1. The second-order valence-corrected chi connectivity index (χ2v) is 6.77. The van der Waals surface area contributed by atoms with E-state index in [9.17, 15) is 4.39 Å².